The van der Waals surface area contributed by atoms with E-state index < -0.39 is 0 Å². The maximum Gasteiger partial charge on any atom is 0.225 e. The highest BCUT2D eigenvalue weighted by Gasteiger charge is 2.31. The molecule has 0 amide bonds. The minimum absolute atomic E-state index is 0.0472. The number of anilines is 2. The van der Waals surface area contributed by atoms with Crippen LogP contribution in [0.15, 0.2) is 12.3 Å². The highest BCUT2D eigenvalue weighted by molar-refractivity contribution is 7.21. The number of aryl methyl sites for hydroxylation is 2. The maximum absolute atomic E-state index is 9.59. The van der Waals surface area contributed by atoms with Crippen LogP contribution in [0, 0.1) is 31.1 Å². The van der Waals surface area contributed by atoms with Gasteiger partial charge in [0.15, 0.2) is 0 Å². The van der Waals surface area contributed by atoms with Gasteiger partial charge < -0.3 is 15.7 Å². The number of terminal acetylenes is 1. The van der Waals surface area contributed by atoms with E-state index in [1.54, 1.807) is 11.3 Å². The van der Waals surface area contributed by atoms with Gasteiger partial charge in [-0.1, -0.05) is 12.8 Å². The summed E-state index contributed by atoms with van der Waals surface area (Å²) in [5.41, 5.74) is 3.75. The van der Waals surface area contributed by atoms with Crippen LogP contribution >= 0.6 is 11.3 Å². The van der Waals surface area contributed by atoms with Crippen molar-refractivity contribution in [1.29, 1.82) is 0 Å². The molecule has 0 spiro atoms. The summed E-state index contributed by atoms with van der Waals surface area (Å²) in [6.07, 6.45) is 13.7. The molecule has 8 heteroatoms. The quantitative estimate of drug-likeness (QED) is 0.427. The molecular formula is C25H30N6OS. The monoisotopic (exact) mass is 462 g/mol. The average molecular weight is 463 g/mol. The number of fused-ring (bicyclic) bond motifs is 1. The zero-order valence-electron chi connectivity index (χ0n) is 19.1. The molecule has 3 aromatic rings. The van der Waals surface area contributed by atoms with E-state index in [1.165, 1.54) is 0 Å². The van der Waals surface area contributed by atoms with Gasteiger partial charge in [0.2, 0.25) is 5.95 Å². The molecule has 0 aliphatic heterocycles. The van der Waals surface area contributed by atoms with Gasteiger partial charge in [-0.25, -0.2) is 9.97 Å². The summed E-state index contributed by atoms with van der Waals surface area (Å²) in [7, 11) is 0. The Morgan fingerprint density at radius 1 is 1.24 bits per heavy atom. The highest BCUT2D eigenvalue weighted by Crippen LogP contribution is 2.39. The number of aromatic nitrogens is 4. The molecule has 0 saturated heterocycles. The Morgan fingerprint density at radius 2 is 2.09 bits per heavy atom. The van der Waals surface area contributed by atoms with Crippen LogP contribution in [-0.2, 0) is 6.42 Å². The van der Waals surface area contributed by atoms with Crippen molar-refractivity contribution in [3.05, 3.63) is 23.7 Å². The molecule has 2 aliphatic rings. The molecule has 3 atom stereocenters. The van der Waals surface area contributed by atoms with Gasteiger partial charge in [-0.2, -0.15) is 4.98 Å². The first-order valence-corrected chi connectivity index (χ1v) is 12.6. The normalized spacial score (nSPS) is 21.2. The number of rotatable bonds is 8. The van der Waals surface area contributed by atoms with E-state index >= 15 is 0 Å². The zero-order valence-corrected chi connectivity index (χ0v) is 20.0. The standard InChI is InChI=1S/C25H30N6OS/c1-4-18(16-7-8-16)29-25-27-14(3)21(23(31-25)28-17-9-6-15(12-17)13-32)24-30-22-19(5-2)26-11-10-20(22)33-24/h1,10-11,15-18,32H,5-9,12-13H2,2-3H3,(H2,27,28,29,31)/t15-,17+,18-/m1/s1. The van der Waals surface area contributed by atoms with Gasteiger partial charge in [0.25, 0.3) is 0 Å². The molecule has 2 saturated carbocycles. The van der Waals surface area contributed by atoms with E-state index in [9.17, 15) is 5.11 Å². The van der Waals surface area contributed by atoms with E-state index in [-0.39, 0.29) is 18.7 Å². The van der Waals surface area contributed by atoms with Crippen LogP contribution in [-0.4, -0.2) is 43.7 Å². The second-order valence-electron chi connectivity index (χ2n) is 9.16. The molecule has 0 aromatic carbocycles. The molecule has 2 fully saturated rings. The Labute approximate surface area is 198 Å². The van der Waals surface area contributed by atoms with E-state index in [2.05, 4.69) is 28.5 Å². The van der Waals surface area contributed by atoms with Gasteiger partial charge in [-0.15, -0.1) is 17.8 Å². The van der Waals surface area contributed by atoms with Gasteiger partial charge in [0.05, 0.1) is 27.7 Å². The summed E-state index contributed by atoms with van der Waals surface area (Å²) in [5.74, 6) is 5.04. The van der Waals surface area contributed by atoms with Crippen molar-refractivity contribution >= 4 is 33.3 Å². The summed E-state index contributed by atoms with van der Waals surface area (Å²) >= 11 is 1.65. The largest absolute Gasteiger partial charge is 0.396 e. The molecular weight excluding hydrogens is 432 g/mol. The number of hydrogen-bond acceptors (Lipinski definition) is 8. The van der Waals surface area contributed by atoms with Crippen LogP contribution in [0.2, 0.25) is 0 Å². The topological polar surface area (TPSA) is 95.9 Å². The molecule has 0 unspecified atom stereocenters. The van der Waals surface area contributed by atoms with Crippen molar-refractivity contribution in [3.63, 3.8) is 0 Å². The van der Waals surface area contributed by atoms with Crippen molar-refractivity contribution < 1.29 is 5.11 Å². The number of thiazole rings is 1. The predicted molar refractivity (Wildman–Crippen MR) is 133 cm³/mol. The molecule has 3 N–H and O–H groups in total. The van der Waals surface area contributed by atoms with Gasteiger partial charge in [-0.3, -0.25) is 4.98 Å². The number of nitrogens with one attached hydrogen (secondary N) is 2. The van der Waals surface area contributed by atoms with Crippen LogP contribution in [0.25, 0.3) is 20.8 Å². The van der Waals surface area contributed by atoms with Crippen LogP contribution in [0.4, 0.5) is 11.8 Å². The third-order valence-corrected chi connectivity index (χ3v) is 7.76. The summed E-state index contributed by atoms with van der Waals surface area (Å²) in [6, 6.07) is 2.23. The molecule has 0 bridgehead atoms. The zero-order chi connectivity index (χ0) is 22.9. The lowest BCUT2D eigenvalue weighted by Gasteiger charge is -2.19. The first kappa shape index (κ1) is 22.1. The van der Waals surface area contributed by atoms with Crippen LogP contribution in [0.3, 0.4) is 0 Å². The fourth-order valence-corrected chi connectivity index (χ4v) is 5.78. The Bertz CT molecular complexity index is 1200. The Balaban J connectivity index is 1.55. The van der Waals surface area contributed by atoms with E-state index in [0.717, 1.165) is 76.5 Å². The van der Waals surface area contributed by atoms with Gasteiger partial charge in [0.1, 0.15) is 16.3 Å². The lowest BCUT2D eigenvalue weighted by Crippen LogP contribution is -2.23. The Morgan fingerprint density at radius 3 is 2.79 bits per heavy atom. The molecule has 2 aliphatic carbocycles. The first-order valence-electron chi connectivity index (χ1n) is 11.8. The SMILES string of the molecule is C#C[C@@H](Nc1nc(C)c(-c2nc3c(CC)nccc3s2)c(N[C@H]2CC[C@@H](CO)C2)n1)C1CC1. The minimum atomic E-state index is -0.0472. The average Bonchev–Trinajstić information content (AvgIpc) is 3.40. The predicted octanol–water partition coefficient (Wildman–Crippen LogP) is 4.42. The number of aliphatic hydroxyl groups excluding tert-OH is 1. The number of aliphatic hydroxyl groups is 1. The smallest absolute Gasteiger partial charge is 0.225 e. The van der Waals surface area contributed by atoms with Gasteiger partial charge in [0, 0.05) is 18.8 Å². The molecule has 172 valence electrons. The third-order valence-electron chi connectivity index (χ3n) is 6.72. The van der Waals surface area contributed by atoms with Crippen molar-refractivity contribution in [1.82, 2.24) is 19.9 Å². The third kappa shape index (κ3) is 4.53. The molecule has 3 heterocycles. The first-order chi connectivity index (χ1) is 16.1. The van der Waals surface area contributed by atoms with E-state index in [1.807, 2.05) is 19.2 Å². The molecule has 3 aromatic heterocycles. The van der Waals surface area contributed by atoms with Gasteiger partial charge in [-0.05, 0) is 63.4 Å². The summed E-state index contributed by atoms with van der Waals surface area (Å²) in [6.45, 7) is 4.34. The van der Waals surface area contributed by atoms with E-state index in [4.69, 9.17) is 21.4 Å². The van der Waals surface area contributed by atoms with Crippen molar-refractivity contribution in [2.45, 2.75) is 64.5 Å². The fraction of sp³-hybridized carbons (Fsp3) is 0.520. The second kappa shape index (κ2) is 9.24. The van der Waals surface area contributed by atoms with Crippen LogP contribution < -0.4 is 10.6 Å². The summed E-state index contributed by atoms with van der Waals surface area (Å²) in [5, 5.41) is 17.5. The highest BCUT2D eigenvalue weighted by atomic mass is 32.1. The number of nitrogens with zero attached hydrogens (tertiary/aromatic N) is 4. The summed E-state index contributed by atoms with van der Waals surface area (Å²) in [4.78, 5) is 19.1. The van der Waals surface area contributed by atoms with Gasteiger partial charge >= 0.3 is 0 Å². The second-order valence-corrected chi connectivity index (χ2v) is 10.2. The molecule has 5 rings (SSSR count). The number of hydrogen-bond donors (Lipinski definition) is 3. The van der Waals surface area contributed by atoms with E-state index in [0.29, 0.717) is 17.8 Å². The maximum atomic E-state index is 9.59. The van der Waals surface area contributed by atoms with Crippen LogP contribution in [0.1, 0.15) is 50.4 Å². The molecule has 7 nitrogen and oxygen atoms in total. The molecule has 0 radical (unpaired) electrons. The fourth-order valence-electron chi connectivity index (χ4n) is 4.70. The Kier molecular flexibility index (Phi) is 6.17. The molecule has 33 heavy (non-hydrogen) atoms. The van der Waals surface area contributed by atoms with Crippen molar-refractivity contribution in [2.75, 3.05) is 17.2 Å². The van der Waals surface area contributed by atoms with Crippen molar-refractivity contribution in [3.8, 4) is 22.9 Å². The minimum Gasteiger partial charge on any atom is -0.396 e. The Hall–Kier alpha value is -2.76. The number of pyridine rings is 1. The van der Waals surface area contributed by atoms with Crippen LogP contribution in [0.5, 0.6) is 0 Å². The summed E-state index contributed by atoms with van der Waals surface area (Å²) < 4.78 is 1.12. The lowest BCUT2D eigenvalue weighted by atomic mass is 10.1. The lowest BCUT2D eigenvalue weighted by molar-refractivity contribution is 0.229. The van der Waals surface area contributed by atoms with Crippen molar-refractivity contribution in [2.24, 2.45) is 11.8 Å².